The minimum absolute atomic E-state index is 0.0835. The molecule has 0 spiro atoms. The van der Waals surface area contributed by atoms with Crippen molar-refractivity contribution >= 4 is 0 Å². The highest BCUT2D eigenvalue weighted by atomic mass is 19.1. The van der Waals surface area contributed by atoms with Crippen LogP contribution in [0.25, 0.3) is 0 Å². The molecule has 1 N–H and O–H groups in total. The first-order valence-corrected chi connectivity index (χ1v) is 7.90. The molecule has 20 heavy (non-hydrogen) atoms. The van der Waals surface area contributed by atoms with E-state index >= 15 is 0 Å². The van der Waals surface area contributed by atoms with E-state index in [4.69, 9.17) is 4.74 Å². The minimum atomic E-state index is -0.0835. The number of rotatable bonds is 6. The molecule has 0 amide bonds. The van der Waals surface area contributed by atoms with Gasteiger partial charge in [0.25, 0.3) is 0 Å². The second-order valence-corrected chi connectivity index (χ2v) is 6.13. The van der Waals surface area contributed by atoms with Gasteiger partial charge < -0.3 is 10.1 Å². The quantitative estimate of drug-likeness (QED) is 0.861. The second-order valence-electron chi connectivity index (χ2n) is 6.13. The van der Waals surface area contributed by atoms with Crippen LogP contribution in [0.15, 0.2) is 24.3 Å². The summed E-state index contributed by atoms with van der Waals surface area (Å²) < 4.78 is 19.9. The van der Waals surface area contributed by atoms with Crippen molar-refractivity contribution in [2.75, 3.05) is 6.54 Å². The summed E-state index contributed by atoms with van der Waals surface area (Å²) in [6.07, 6.45) is 6.25. The standard InChI is InChI=1S/C17H24FNO/c1-2-9-19-16(10-12-5-3-4-6-15(12)18)14-11-13-7-8-17(14)20-13/h3-6,13-14,16-17,19H,2,7-11H2,1H3. The van der Waals surface area contributed by atoms with E-state index in [1.54, 1.807) is 12.1 Å². The topological polar surface area (TPSA) is 21.3 Å². The fourth-order valence-electron chi connectivity index (χ4n) is 3.71. The zero-order valence-electron chi connectivity index (χ0n) is 12.1. The summed E-state index contributed by atoms with van der Waals surface area (Å²) in [5.41, 5.74) is 0.823. The first kappa shape index (κ1) is 14.0. The van der Waals surface area contributed by atoms with Crippen LogP contribution in [0.5, 0.6) is 0 Å². The monoisotopic (exact) mass is 277 g/mol. The average Bonchev–Trinajstić information content (AvgIpc) is 3.08. The lowest BCUT2D eigenvalue weighted by Gasteiger charge is -2.29. The largest absolute Gasteiger partial charge is 0.375 e. The number of fused-ring (bicyclic) bond motifs is 2. The van der Waals surface area contributed by atoms with Gasteiger partial charge in [0.15, 0.2) is 0 Å². The number of halogens is 1. The van der Waals surface area contributed by atoms with E-state index in [1.807, 2.05) is 12.1 Å². The molecule has 4 atom stereocenters. The van der Waals surface area contributed by atoms with Gasteiger partial charge in [-0.3, -0.25) is 0 Å². The summed E-state index contributed by atoms with van der Waals surface area (Å²) >= 11 is 0. The third kappa shape index (κ3) is 2.89. The zero-order valence-corrected chi connectivity index (χ0v) is 12.1. The smallest absolute Gasteiger partial charge is 0.126 e. The molecule has 110 valence electrons. The third-order valence-electron chi connectivity index (χ3n) is 4.72. The molecule has 2 bridgehead atoms. The van der Waals surface area contributed by atoms with E-state index < -0.39 is 0 Å². The van der Waals surface area contributed by atoms with E-state index in [0.717, 1.165) is 31.4 Å². The number of ether oxygens (including phenoxy) is 1. The van der Waals surface area contributed by atoms with Crippen molar-refractivity contribution in [3.8, 4) is 0 Å². The van der Waals surface area contributed by atoms with E-state index in [1.165, 1.54) is 12.8 Å². The van der Waals surface area contributed by atoms with E-state index in [-0.39, 0.29) is 5.82 Å². The van der Waals surface area contributed by atoms with Crippen molar-refractivity contribution in [1.82, 2.24) is 5.32 Å². The normalized spacial score (nSPS) is 29.8. The Morgan fingerprint density at radius 1 is 1.35 bits per heavy atom. The Balaban J connectivity index is 1.71. The van der Waals surface area contributed by atoms with Crippen LogP contribution >= 0.6 is 0 Å². The van der Waals surface area contributed by atoms with Gasteiger partial charge in [0.2, 0.25) is 0 Å². The third-order valence-corrected chi connectivity index (χ3v) is 4.72. The highest BCUT2D eigenvalue weighted by Gasteiger charge is 2.44. The highest BCUT2D eigenvalue weighted by Crippen LogP contribution is 2.41. The molecular formula is C17H24FNO. The highest BCUT2D eigenvalue weighted by molar-refractivity contribution is 5.19. The lowest BCUT2D eigenvalue weighted by atomic mass is 9.81. The van der Waals surface area contributed by atoms with Gasteiger partial charge in [-0.25, -0.2) is 4.39 Å². The Morgan fingerprint density at radius 2 is 2.20 bits per heavy atom. The van der Waals surface area contributed by atoms with Gasteiger partial charge in [0, 0.05) is 12.0 Å². The minimum Gasteiger partial charge on any atom is -0.375 e. The molecule has 2 heterocycles. The molecule has 2 fully saturated rings. The van der Waals surface area contributed by atoms with E-state index in [0.29, 0.717) is 24.2 Å². The van der Waals surface area contributed by atoms with Crippen LogP contribution in [-0.2, 0) is 11.2 Å². The van der Waals surface area contributed by atoms with Crippen molar-refractivity contribution in [3.05, 3.63) is 35.6 Å². The fourth-order valence-corrected chi connectivity index (χ4v) is 3.71. The lowest BCUT2D eigenvalue weighted by molar-refractivity contribution is 0.0856. The molecule has 2 nitrogen and oxygen atoms in total. The Labute approximate surface area is 120 Å². The maximum absolute atomic E-state index is 13.9. The van der Waals surface area contributed by atoms with E-state index in [9.17, 15) is 4.39 Å². The van der Waals surface area contributed by atoms with Crippen molar-refractivity contribution in [2.45, 2.75) is 57.3 Å². The van der Waals surface area contributed by atoms with Crippen molar-refractivity contribution in [1.29, 1.82) is 0 Å². The maximum atomic E-state index is 13.9. The van der Waals surface area contributed by atoms with Crippen LogP contribution in [0.4, 0.5) is 4.39 Å². The number of nitrogens with one attached hydrogen (secondary N) is 1. The molecular weight excluding hydrogens is 253 g/mol. The molecule has 2 saturated heterocycles. The Hall–Kier alpha value is -0.930. The van der Waals surface area contributed by atoms with Gasteiger partial charge in [-0.15, -0.1) is 0 Å². The second kappa shape index (κ2) is 6.23. The van der Waals surface area contributed by atoms with E-state index in [2.05, 4.69) is 12.2 Å². The molecule has 1 aromatic carbocycles. The predicted molar refractivity (Wildman–Crippen MR) is 78.2 cm³/mol. The van der Waals surface area contributed by atoms with Gasteiger partial charge in [0.05, 0.1) is 12.2 Å². The van der Waals surface area contributed by atoms with Gasteiger partial charge in [-0.05, 0) is 50.3 Å². The predicted octanol–water partition coefficient (Wildman–Crippen LogP) is 3.30. The average molecular weight is 277 g/mol. The van der Waals surface area contributed by atoms with Gasteiger partial charge in [-0.2, -0.15) is 0 Å². The molecule has 0 aliphatic carbocycles. The molecule has 3 heteroatoms. The molecule has 0 saturated carbocycles. The van der Waals surface area contributed by atoms with Gasteiger partial charge in [-0.1, -0.05) is 25.1 Å². The summed E-state index contributed by atoms with van der Waals surface area (Å²) in [4.78, 5) is 0. The first-order valence-electron chi connectivity index (χ1n) is 7.90. The zero-order chi connectivity index (χ0) is 13.9. The fraction of sp³-hybridized carbons (Fsp3) is 0.647. The van der Waals surface area contributed by atoms with Crippen molar-refractivity contribution in [3.63, 3.8) is 0 Å². The molecule has 3 rings (SSSR count). The summed E-state index contributed by atoms with van der Waals surface area (Å²) in [6, 6.07) is 7.48. The van der Waals surface area contributed by atoms with Crippen LogP contribution in [0.3, 0.4) is 0 Å². The lowest BCUT2D eigenvalue weighted by Crippen LogP contribution is -2.42. The number of hydrogen-bond donors (Lipinski definition) is 1. The summed E-state index contributed by atoms with van der Waals surface area (Å²) in [6.45, 7) is 3.16. The Bertz CT molecular complexity index is 450. The molecule has 1 aromatic rings. The SMILES string of the molecule is CCCNC(Cc1ccccc1F)C1CC2CCC1O2. The Morgan fingerprint density at radius 3 is 2.85 bits per heavy atom. The van der Waals surface area contributed by atoms with Crippen LogP contribution in [0.2, 0.25) is 0 Å². The van der Waals surface area contributed by atoms with Crippen LogP contribution in [-0.4, -0.2) is 24.8 Å². The molecule has 2 aliphatic heterocycles. The van der Waals surface area contributed by atoms with Crippen molar-refractivity contribution < 1.29 is 9.13 Å². The van der Waals surface area contributed by atoms with Gasteiger partial charge >= 0.3 is 0 Å². The van der Waals surface area contributed by atoms with Crippen molar-refractivity contribution in [2.24, 2.45) is 5.92 Å². The summed E-state index contributed by atoms with van der Waals surface area (Å²) in [5, 5.41) is 3.63. The number of hydrogen-bond acceptors (Lipinski definition) is 2. The molecule has 0 aromatic heterocycles. The van der Waals surface area contributed by atoms with Crippen LogP contribution < -0.4 is 5.32 Å². The van der Waals surface area contributed by atoms with Crippen LogP contribution in [0.1, 0.15) is 38.2 Å². The summed E-state index contributed by atoms with van der Waals surface area (Å²) in [5.74, 6) is 0.458. The summed E-state index contributed by atoms with van der Waals surface area (Å²) in [7, 11) is 0. The Kier molecular flexibility index (Phi) is 4.37. The molecule has 2 aliphatic rings. The van der Waals surface area contributed by atoms with Crippen LogP contribution in [0, 0.1) is 11.7 Å². The molecule has 0 radical (unpaired) electrons. The first-order chi connectivity index (χ1) is 9.78. The molecule has 4 unspecified atom stereocenters. The number of benzene rings is 1. The van der Waals surface area contributed by atoms with Gasteiger partial charge in [0.1, 0.15) is 5.82 Å². The maximum Gasteiger partial charge on any atom is 0.126 e.